The van der Waals surface area contributed by atoms with Gasteiger partial charge in [0.15, 0.2) is 0 Å². The molecule has 5 N–H and O–H groups in total. The van der Waals surface area contributed by atoms with Gasteiger partial charge in [0.05, 0.1) is 71.7 Å². The molecule has 2 heterocycles. The molecule has 9 rings (SSSR count). The minimum Gasteiger partial charge on any atom is -0.469 e. The van der Waals surface area contributed by atoms with Gasteiger partial charge >= 0.3 is 24.1 Å². The second-order valence-corrected chi connectivity index (χ2v) is 45.0. The SMILES string of the molecule is CC[C@@](O)(CO)C[C@H](CO[Si](c1ccccc1)(c1ccccc1)C(C)(C)C)CC(C(=O)OC)c1c(CCO)c2ccccc2n1C(=O)OC(C)(C)C.CC[C@@](O)(COS(=O)(=O)c1ccc(C)cc1)C[C@H](CO[Si](c1ccccc1)(c1ccccc1)C(C)(C)C)CC(C(=O)OC)c1c(CCO)c2ccccc2n1C(=O)OC(C)(C)C.ClCCl. The topological polar surface area (TPSA) is 278 Å². The van der Waals surface area contributed by atoms with Gasteiger partial charge in [0.1, 0.15) is 11.2 Å². The molecular formula is C92H122Cl2N2O18SSi2. The van der Waals surface area contributed by atoms with E-state index in [2.05, 4.69) is 90.1 Å². The van der Waals surface area contributed by atoms with Gasteiger partial charge in [-0.1, -0.05) is 231 Å². The molecule has 117 heavy (non-hydrogen) atoms. The Kier molecular flexibility index (Phi) is 34.5. The van der Waals surface area contributed by atoms with Crippen molar-refractivity contribution in [3.63, 3.8) is 0 Å². The molecule has 0 radical (unpaired) electrons. The first-order valence-corrected chi connectivity index (χ1v) is 46.2. The van der Waals surface area contributed by atoms with E-state index in [1.54, 1.807) is 78.8 Å². The maximum Gasteiger partial charge on any atom is 0.419 e. The number of hydrogen-bond donors (Lipinski definition) is 5. The van der Waals surface area contributed by atoms with Gasteiger partial charge in [-0.05, 0) is 178 Å². The molecule has 0 aliphatic carbocycles. The van der Waals surface area contributed by atoms with E-state index in [9.17, 15) is 53.1 Å². The molecule has 0 saturated carbocycles. The molecule has 0 fully saturated rings. The van der Waals surface area contributed by atoms with Gasteiger partial charge in [-0.15, -0.1) is 23.2 Å². The smallest absolute Gasteiger partial charge is 0.419 e. The molecule has 2 unspecified atom stereocenters. The number of ether oxygens (including phenoxy) is 4. The summed E-state index contributed by atoms with van der Waals surface area (Å²) in [6, 6.07) is 61.4. The number of alkyl halides is 2. The molecule has 636 valence electrons. The van der Waals surface area contributed by atoms with E-state index in [1.165, 1.54) is 35.5 Å². The number of benzene rings is 7. The number of fused-ring (bicyclic) bond motifs is 2. The monoisotopic (exact) mass is 1700 g/mol. The molecule has 0 spiro atoms. The van der Waals surface area contributed by atoms with Crippen molar-refractivity contribution in [3.8, 4) is 0 Å². The molecule has 0 aliphatic rings. The molecule has 7 aromatic carbocycles. The Balaban J connectivity index is 0.000000317. The van der Waals surface area contributed by atoms with Crippen molar-refractivity contribution in [3.05, 3.63) is 222 Å². The lowest BCUT2D eigenvalue weighted by atomic mass is 9.82. The van der Waals surface area contributed by atoms with E-state index in [-0.39, 0.29) is 93.1 Å². The molecule has 2 aromatic heterocycles. The fourth-order valence-electron chi connectivity index (χ4n) is 15.8. The van der Waals surface area contributed by atoms with Crippen molar-refractivity contribution in [2.75, 3.05) is 59.2 Å². The number of aromatic nitrogens is 2. The molecule has 0 saturated heterocycles. The average molecular weight is 1700 g/mol. The van der Waals surface area contributed by atoms with Gasteiger partial charge in [0.2, 0.25) is 0 Å². The Labute approximate surface area is 704 Å². The van der Waals surface area contributed by atoms with Crippen molar-refractivity contribution >= 4 is 117 Å². The van der Waals surface area contributed by atoms with Crippen LogP contribution in [0, 0.1) is 18.8 Å². The van der Waals surface area contributed by atoms with Gasteiger partial charge in [0, 0.05) is 48.6 Å². The van der Waals surface area contributed by atoms with Crippen molar-refractivity contribution in [1.29, 1.82) is 0 Å². The molecule has 20 nitrogen and oxygen atoms in total. The van der Waals surface area contributed by atoms with Crippen LogP contribution in [-0.2, 0) is 64.5 Å². The molecule has 0 amide bonds. The van der Waals surface area contributed by atoms with Crippen molar-refractivity contribution in [2.24, 2.45) is 11.8 Å². The van der Waals surface area contributed by atoms with Crippen LogP contribution in [0.3, 0.4) is 0 Å². The maximum absolute atomic E-state index is 14.4. The number of halogens is 2. The van der Waals surface area contributed by atoms with Crippen LogP contribution in [0.25, 0.3) is 21.8 Å². The van der Waals surface area contributed by atoms with Crippen LogP contribution >= 0.6 is 23.2 Å². The minimum atomic E-state index is -4.26. The number of nitrogens with zero attached hydrogens (tertiary/aromatic N) is 2. The Morgan fingerprint density at radius 2 is 0.786 bits per heavy atom. The number of aliphatic hydroxyl groups excluding tert-OH is 3. The van der Waals surface area contributed by atoms with Crippen LogP contribution < -0.4 is 20.7 Å². The molecule has 6 atom stereocenters. The third-order valence-electron chi connectivity index (χ3n) is 21.3. The Bertz CT molecular complexity index is 4710. The zero-order valence-corrected chi connectivity index (χ0v) is 75.3. The number of methoxy groups -OCH3 is 2. The largest absolute Gasteiger partial charge is 0.469 e. The number of hydrogen-bond acceptors (Lipinski definition) is 18. The fourth-order valence-corrected chi connectivity index (χ4v) is 26.1. The molecule has 25 heteroatoms. The third-order valence-corrected chi connectivity index (χ3v) is 32.6. The van der Waals surface area contributed by atoms with E-state index >= 15 is 0 Å². The predicted molar refractivity (Wildman–Crippen MR) is 469 cm³/mol. The van der Waals surface area contributed by atoms with Crippen molar-refractivity contribution in [2.45, 2.75) is 204 Å². The van der Waals surface area contributed by atoms with E-state index in [1.807, 2.05) is 117 Å². The van der Waals surface area contributed by atoms with Crippen LogP contribution in [0.15, 0.2) is 199 Å². The summed E-state index contributed by atoms with van der Waals surface area (Å²) in [6.07, 6.45) is -0.517. The molecule has 9 aromatic rings. The van der Waals surface area contributed by atoms with Gasteiger partial charge in [-0.2, -0.15) is 8.42 Å². The lowest BCUT2D eigenvalue weighted by molar-refractivity contribution is -0.144. The zero-order chi connectivity index (χ0) is 86.5. The maximum atomic E-state index is 14.4. The standard InChI is InChI=1S/C49H63NO10SSi.C42H57NO8Si.CH2Cl2/c1-10-49(54,34-58-61(55,56)37-27-25-35(2)26-28-37)32-36(33-59-62(48(6,7)8,38-19-13-11-14-20-38)39-21-15-12-16-22-39)31-42(45(52)57-9)44-41(29-30-51)40-23-17-18-24-43(40)50(44)46(53)60-47(3,4)5;1-9-42(48,29-45)27-30(28-50-52(41(5,6)7,31-18-12-10-13-19-31)32-20-14-11-15-21-32)26-35(38(46)49-8)37-34(24-25-44)33-22-16-17-23-36(33)43(37)39(47)51-40(2,3)4;2-1-3/h11-28,36,42,51,54H,10,29-34H2,1-9H3;10-23,30,35,44-45,48H,9,24-29H2,1-8H3;1H2/t36-,42?,49+;30-,35?,42+;/m11./s1. The summed E-state index contributed by atoms with van der Waals surface area (Å²) in [4.78, 5) is 56.7. The summed E-state index contributed by atoms with van der Waals surface area (Å²) in [5.74, 6) is -4.53. The normalized spacial score (nSPS) is 14.5. The quantitative estimate of drug-likeness (QED) is 0.00840. The van der Waals surface area contributed by atoms with Gasteiger partial charge in [0.25, 0.3) is 26.8 Å². The zero-order valence-electron chi connectivity index (χ0n) is 71.0. The second kappa shape index (κ2) is 41.9. The number of carbonyl (C=O) groups is 4. The summed E-state index contributed by atoms with van der Waals surface area (Å²) in [7, 11) is -7.93. The number of carbonyl (C=O) groups excluding carboxylic acids is 4. The van der Waals surface area contributed by atoms with E-state index in [0.29, 0.717) is 44.3 Å². The minimum absolute atomic E-state index is 0.00452. The summed E-state index contributed by atoms with van der Waals surface area (Å²) in [5.41, 5.74) is -1.08. The van der Waals surface area contributed by atoms with Gasteiger partial charge < -0.3 is 53.3 Å². The first-order valence-electron chi connectivity index (χ1n) is 39.9. The first kappa shape index (κ1) is 96.3. The summed E-state index contributed by atoms with van der Waals surface area (Å²) in [6.45, 7) is 27.7. The van der Waals surface area contributed by atoms with Crippen LogP contribution in [0.1, 0.15) is 175 Å². The van der Waals surface area contributed by atoms with Crippen LogP contribution in [-0.4, -0.2) is 165 Å². The predicted octanol–water partition coefficient (Wildman–Crippen LogP) is 15.8. The highest BCUT2D eigenvalue weighted by atomic mass is 35.5. The second-order valence-electron chi connectivity index (χ2n) is 34.0. The number of para-hydroxylation sites is 2. The van der Waals surface area contributed by atoms with Crippen molar-refractivity contribution in [1.82, 2.24) is 9.13 Å². The third kappa shape index (κ3) is 23.8. The molecule has 0 aliphatic heterocycles. The Morgan fingerprint density at radius 3 is 1.08 bits per heavy atom. The van der Waals surface area contributed by atoms with Gasteiger partial charge in [-0.25, -0.2) is 18.7 Å². The fraction of sp³-hybridized carbons (Fsp3) is 0.457. The number of esters is 2. The summed E-state index contributed by atoms with van der Waals surface area (Å²) in [5, 5.41) is 60.1. The lowest BCUT2D eigenvalue weighted by Gasteiger charge is -2.44. The lowest BCUT2D eigenvalue weighted by Crippen LogP contribution is -2.67. The Hall–Kier alpha value is -7.86. The number of aliphatic hydroxyl groups is 5. The average Bonchev–Trinajstić information content (AvgIpc) is 1.72. The number of aryl methyl sites for hydroxylation is 1. The molecular weight excluding hydrogens is 1580 g/mol. The van der Waals surface area contributed by atoms with E-state index in [0.717, 1.165) is 26.3 Å². The van der Waals surface area contributed by atoms with E-state index in [4.69, 9.17) is 55.2 Å². The number of rotatable bonds is 33. The van der Waals surface area contributed by atoms with Crippen LogP contribution in [0.2, 0.25) is 10.1 Å². The highest BCUT2D eigenvalue weighted by Gasteiger charge is 2.53. The van der Waals surface area contributed by atoms with Gasteiger partial charge in [-0.3, -0.25) is 13.8 Å². The van der Waals surface area contributed by atoms with Crippen LogP contribution in [0.5, 0.6) is 0 Å². The molecule has 0 bridgehead atoms. The highest BCUT2D eigenvalue weighted by Crippen LogP contribution is 2.45. The summed E-state index contributed by atoms with van der Waals surface area (Å²) >= 11 is 9.53. The Morgan fingerprint density at radius 1 is 0.470 bits per heavy atom. The van der Waals surface area contributed by atoms with E-state index < -0.39 is 115 Å². The first-order chi connectivity index (χ1) is 55.2. The highest BCUT2D eigenvalue weighted by molar-refractivity contribution is 7.86. The van der Waals surface area contributed by atoms with Crippen molar-refractivity contribution < 1.29 is 85.1 Å². The van der Waals surface area contributed by atoms with Crippen LogP contribution in [0.4, 0.5) is 9.59 Å². The summed E-state index contributed by atoms with van der Waals surface area (Å²) < 4.78 is 73.0.